The average Bonchev–Trinajstić information content (AvgIpc) is 2.73. The Morgan fingerprint density at radius 2 is 2.00 bits per heavy atom. The SMILES string of the molecule is CCC1(C(=O)NCCNC(C)=O)CCCN1. The second-order valence-electron chi connectivity index (χ2n) is 4.20. The van der Waals surface area contributed by atoms with E-state index in [4.69, 9.17) is 0 Å². The summed E-state index contributed by atoms with van der Waals surface area (Å²) in [5.41, 5.74) is -0.379. The van der Waals surface area contributed by atoms with E-state index < -0.39 is 0 Å². The van der Waals surface area contributed by atoms with Crippen molar-refractivity contribution in [2.75, 3.05) is 19.6 Å². The molecule has 0 aromatic rings. The largest absolute Gasteiger partial charge is 0.355 e. The molecule has 3 N–H and O–H groups in total. The molecule has 0 aromatic heterocycles. The zero-order chi connectivity index (χ0) is 12.0. The third-order valence-electron chi connectivity index (χ3n) is 3.07. The third-order valence-corrected chi connectivity index (χ3v) is 3.07. The maximum Gasteiger partial charge on any atom is 0.240 e. The number of hydrogen-bond donors (Lipinski definition) is 3. The molecule has 1 fully saturated rings. The molecule has 2 amide bonds. The van der Waals surface area contributed by atoms with E-state index in [1.165, 1.54) is 6.92 Å². The zero-order valence-corrected chi connectivity index (χ0v) is 10.1. The lowest BCUT2D eigenvalue weighted by Gasteiger charge is -2.26. The Morgan fingerprint density at radius 1 is 1.31 bits per heavy atom. The van der Waals surface area contributed by atoms with Gasteiger partial charge in [-0.25, -0.2) is 0 Å². The van der Waals surface area contributed by atoms with Gasteiger partial charge in [0.15, 0.2) is 0 Å². The minimum Gasteiger partial charge on any atom is -0.355 e. The molecule has 1 atom stereocenters. The quantitative estimate of drug-likeness (QED) is 0.568. The van der Waals surface area contributed by atoms with Crippen molar-refractivity contribution in [3.05, 3.63) is 0 Å². The van der Waals surface area contributed by atoms with Crippen molar-refractivity contribution in [1.29, 1.82) is 0 Å². The molecule has 1 aliphatic heterocycles. The van der Waals surface area contributed by atoms with Gasteiger partial charge >= 0.3 is 0 Å². The van der Waals surface area contributed by atoms with Gasteiger partial charge in [-0.1, -0.05) is 6.92 Å². The van der Waals surface area contributed by atoms with Crippen LogP contribution in [0.25, 0.3) is 0 Å². The van der Waals surface area contributed by atoms with Gasteiger partial charge in [-0.15, -0.1) is 0 Å². The number of rotatable bonds is 5. The molecular weight excluding hydrogens is 206 g/mol. The molecule has 0 aliphatic carbocycles. The molecule has 1 rings (SSSR count). The second-order valence-corrected chi connectivity index (χ2v) is 4.20. The van der Waals surface area contributed by atoms with Crippen LogP contribution in [0.15, 0.2) is 0 Å². The van der Waals surface area contributed by atoms with Crippen molar-refractivity contribution in [2.45, 2.75) is 38.6 Å². The fourth-order valence-corrected chi connectivity index (χ4v) is 2.05. The lowest BCUT2D eigenvalue weighted by atomic mass is 9.93. The van der Waals surface area contributed by atoms with Crippen LogP contribution in [0.1, 0.15) is 33.1 Å². The van der Waals surface area contributed by atoms with Crippen LogP contribution in [0.2, 0.25) is 0 Å². The van der Waals surface area contributed by atoms with Crippen LogP contribution in [-0.4, -0.2) is 37.0 Å². The van der Waals surface area contributed by atoms with E-state index in [0.29, 0.717) is 13.1 Å². The Hall–Kier alpha value is -1.10. The van der Waals surface area contributed by atoms with E-state index in [1.807, 2.05) is 6.92 Å². The van der Waals surface area contributed by atoms with E-state index >= 15 is 0 Å². The molecule has 1 saturated heterocycles. The highest BCUT2D eigenvalue weighted by molar-refractivity contribution is 5.86. The molecule has 0 bridgehead atoms. The number of carbonyl (C=O) groups is 2. The number of amides is 2. The van der Waals surface area contributed by atoms with Gasteiger partial charge in [-0.05, 0) is 25.8 Å². The highest BCUT2D eigenvalue weighted by atomic mass is 16.2. The molecule has 5 nitrogen and oxygen atoms in total. The minimum absolute atomic E-state index is 0.0536. The molecule has 16 heavy (non-hydrogen) atoms. The average molecular weight is 227 g/mol. The van der Waals surface area contributed by atoms with Gasteiger partial charge in [-0.2, -0.15) is 0 Å². The van der Waals surface area contributed by atoms with Crippen molar-refractivity contribution >= 4 is 11.8 Å². The first-order valence-corrected chi connectivity index (χ1v) is 5.88. The second kappa shape index (κ2) is 5.84. The highest BCUT2D eigenvalue weighted by Gasteiger charge is 2.38. The van der Waals surface area contributed by atoms with E-state index in [0.717, 1.165) is 25.8 Å². The fourth-order valence-electron chi connectivity index (χ4n) is 2.05. The summed E-state index contributed by atoms with van der Waals surface area (Å²) in [7, 11) is 0. The summed E-state index contributed by atoms with van der Waals surface area (Å²) in [5.74, 6) is -0.0173. The maximum absolute atomic E-state index is 12.0. The van der Waals surface area contributed by atoms with Crippen molar-refractivity contribution in [1.82, 2.24) is 16.0 Å². The first kappa shape index (κ1) is 13.0. The van der Waals surface area contributed by atoms with Gasteiger partial charge < -0.3 is 16.0 Å². The summed E-state index contributed by atoms with van der Waals surface area (Å²) >= 11 is 0. The molecule has 0 saturated carbocycles. The summed E-state index contributed by atoms with van der Waals surface area (Å²) in [6.07, 6.45) is 2.75. The van der Waals surface area contributed by atoms with E-state index in [2.05, 4.69) is 16.0 Å². The predicted molar refractivity (Wildman–Crippen MR) is 62.0 cm³/mol. The maximum atomic E-state index is 12.0. The Morgan fingerprint density at radius 3 is 2.50 bits per heavy atom. The number of carbonyl (C=O) groups excluding carboxylic acids is 2. The smallest absolute Gasteiger partial charge is 0.240 e. The van der Waals surface area contributed by atoms with Crippen molar-refractivity contribution in [3.63, 3.8) is 0 Å². The van der Waals surface area contributed by atoms with Gasteiger partial charge in [0, 0.05) is 20.0 Å². The molecule has 0 aromatic carbocycles. The van der Waals surface area contributed by atoms with E-state index in [9.17, 15) is 9.59 Å². The molecule has 1 heterocycles. The summed E-state index contributed by atoms with van der Waals surface area (Å²) < 4.78 is 0. The van der Waals surface area contributed by atoms with Gasteiger partial charge in [0.05, 0.1) is 5.54 Å². The summed E-state index contributed by atoms with van der Waals surface area (Å²) in [5, 5.41) is 8.77. The molecule has 0 spiro atoms. The molecule has 1 unspecified atom stereocenters. The van der Waals surface area contributed by atoms with Crippen molar-refractivity contribution < 1.29 is 9.59 Å². The lowest BCUT2D eigenvalue weighted by Crippen LogP contribution is -2.54. The van der Waals surface area contributed by atoms with Crippen LogP contribution in [0.5, 0.6) is 0 Å². The molecule has 0 radical (unpaired) electrons. The standard InChI is InChI=1S/C11H21N3O2/c1-3-11(5-4-6-14-11)10(16)13-8-7-12-9(2)15/h14H,3-8H2,1-2H3,(H,12,15)(H,13,16). The van der Waals surface area contributed by atoms with Gasteiger partial charge in [0.25, 0.3) is 0 Å². The topological polar surface area (TPSA) is 70.2 Å². The Balaban J connectivity index is 2.30. The van der Waals surface area contributed by atoms with Crippen LogP contribution >= 0.6 is 0 Å². The Kier molecular flexibility index (Phi) is 4.73. The van der Waals surface area contributed by atoms with Crippen LogP contribution in [0, 0.1) is 0 Å². The Labute approximate surface area is 96.4 Å². The lowest BCUT2D eigenvalue weighted by molar-refractivity contribution is -0.127. The summed E-state index contributed by atoms with van der Waals surface area (Å²) in [6.45, 7) is 5.37. The monoisotopic (exact) mass is 227 g/mol. The van der Waals surface area contributed by atoms with Crippen LogP contribution in [0.3, 0.4) is 0 Å². The van der Waals surface area contributed by atoms with Crippen LogP contribution in [-0.2, 0) is 9.59 Å². The predicted octanol–water partition coefficient (Wildman–Crippen LogP) is -0.229. The molecule has 92 valence electrons. The molecule has 5 heteroatoms. The van der Waals surface area contributed by atoms with E-state index in [-0.39, 0.29) is 17.4 Å². The van der Waals surface area contributed by atoms with Crippen molar-refractivity contribution in [2.24, 2.45) is 0 Å². The number of hydrogen-bond acceptors (Lipinski definition) is 3. The summed E-state index contributed by atoms with van der Waals surface area (Å²) in [6, 6.07) is 0. The van der Waals surface area contributed by atoms with E-state index in [1.54, 1.807) is 0 Å². The van der Waals surface area contributed by atoms with Crippen molar-refractivity contribution in [3.8, 4) is 0 Å². The van der Waals surface area contributed by atoms with Gasteiger partial charge in [0.2, 0.25) is 11.8 Å². The Bertz CT molecular complexity index is 260. The first-order valence-electron chi connectivity index (χ1n) is 5.88. The highest BCUT2D eigenvalue weighted by Crippen LogP contribution is 2.22. The van der Waals surface area contributed by atoms with Crippen LogP contribution in [0.4, 0.5) is 0 Å². The minimum atomic E-state index is -0.379. The summed E-state index contributed by atoms with van der Waals surface area (Å²) in [4.78, 5) is 22.6. The molecular formula is C11H21N3O2. The zero-order valence-electron chi connectivity index (χ0n) is 10.1. The normalized spacial score (nSPS) is 24.1. The molecule has 1 aliphatic rings. The number of nitrogens with one attached hydrogen (secondary N) is 3. The van der Waals surface area contributed by atoms with Gasteiger partial charge in [0.1, 0.15) is 0 Å². The van der Waals surface area contributed by atoms with Gasteiger partial charge in [-0.3, -0.25) is 9.59 Å². The fraction of sp³-hybridized carbons (Fsp3) is 0.818. The first-order chi connectivity index (χ1) is 7.60. The third kappa shape index (κ3) is 3.20. The van der Waals surface area contributed by atoms with Crippen LogP contribution < -0.4 is 16.0 Å².